The molecule has 0 aromatic heterocycles. The van der Waals surface area contributed by atoms with Gasteiger partial charge in [0.1, 0.15) is 0 Å². The lowest BCUT2D eigenvalue weighted by atomic mass is 10.1. The van der Waals surface area contributed by atoms with Gasteiger partial charge in [-0.05, 0) is 57.1 Å². The maximum Gasteiger partial charge on any atom is 0.159 e. The van der Waals surface area contributed by atoms with Crippen molar-refractivity contribution in [3.8, 4) is 0 Å². The van der Waals surface area contributed by atoms with Crippen molar-refractivity contribution < 1.29 is 8.78 Å². The third kappa shape index (κ3) is 3.88. The fourth-order valence-corrected chi connectivity index (χ4v) is 2.65. The Balaban J connectivity index is 0.00000180. The molecule has 0 bridgehead atoms. The maximum atomic E-state index is 13.2. The van der Waals surface area contributed by atoms with Gasteiger partial charge in [-0.3, -0.25) is 4.90 Å². The molecule has 0 radical (unpaired) electrons. The fourth-order valence-electron chi connectivity index (χ4n) is 2.65. The minimum absolute atomic E-state index is 0. The zero-order valence-corrected chi connectivity index (χ0v) is 12.1. The van der Waals surface area contributed by atoms with Crippen molar-refractivity contribution >= 4 is 12.4 Å². The van der Waals surface area contributed by atoms with Gasteiger partial charge in [0.05, 0.1) is 0 Å². The van der Waals surface area contributed by atoms with Crippen LogP contribution < -0.4 is 5.32 Å². The summed E-state index contributed by atoms with van der Waals surface area (Å²) in [4.78, 5) is 2.33. The Morgan fingerprint density at radius 1 is 1.37 bits per heavy atom. The van der Waals surface area contributed by atoms with Gasteiger partial charge in [-0.1, -0.05) is 6.07 Å². The molecule has 0 saturated carbocycles. The van der Waals surface area contributed by atoms with Gasteiger partial charge in [-0.2, -0.15) is 0 Å². The van der Waals surface area contributed by atoms with Crippen LogP contribution in [0.2, 0.25) is 0 Å². The Hall–Kier alpha value is -0.710. The minimum Gasteiger partial charge on any atom is -0.319 e. The fraction of sp³-hybridized carbons (Fsp3) is 0.571. The molecule has 19 heavy (non-hydrogen) atoms. The second kappa shape index (κ2) is 7.17. The van der Waals surface area contributed by atoms with Crippen molar-refractivity contribution in [2.45, 2.75) is 19.4 Å². The molecule has 5 heteroatoms. The van der Waals surface area contributed by atoms with Gasteiger partial charge < -0.3 is 5.32 Å². The van der Waals surface area contributed by atoms with Crippen LogP contribution in [-0.4, -0.2) is 31.6 Å². The van der Waals surface area contributed by atoms with E-state index in [2.05, 4.69) is 17.1 Å². The predicted octanol–water partition coefficient (Wildman–Crippen LogP) is 2.99. The third-order valence-corrected chi connectivity index (χ3v) is 3.78. The predicted molar refractivity (Wildman–Crippen MR) is 75.6 cm³/mol. The Bertz CT molecular complexity index is 414. The Kier molecular flexibility index (Phi) is 6.17. The first-order valence-electron chi connectivity index (χ1n) is 6.45. The quantitative estimate of drug-likeness (QED) is 0.917. The molecule has 1 aromatic rings. The molecule has 2 nitrogen and oxygen atoms in total. The molecule has 1 fully saturated rings. The molecule has 2 rings (SSSR count). The normalized spacial score (nSPS) is 21.2. The van der Waals surface area contributed by atoms with Crippen molar-refractivity contribution in [3.63, 3.8) is 0 Å². The lowest BCUT2D eigenvalue weighted by Gasteiger charge is -2.25. The summed E-state index contributed by atoms with van der Waals surface area (Å²) in [5.74, 6) is -0.881. The molecule has 0 amide bonds. The van der Waals surface area contributed by atoms with Gasteiger partial charge in [0.2, 0.25) is 0 Å². The minimum atomic E-state index is -0.777. The number of halogens is 3. The zero-order valence-electron chi connectivity index (χ0n) is 11.3. The summed E-state index contributed by atoms with van der Waals surface area (Å²) in [6.45, 7) is 5.10. The number of hydrogen-bond acceptors (Lipinski definition) is 2. The Labute approximate surface area is 119 Å². The van der Waals surface area contributed by atoms with E-state index in [0.29, 0.717) is 5.92 Å². The van der Waals surface area contributed by atoms with Crippen LogP contribution >= 0.6 is 12.4 Å². The van der Waals surface area contributed by atoms with Crippen molar-refractivity contribution in [1.82, 2.24) is 10.2 Å². The van der Waals surface area contributed by atoms with Crippen LogP contribution in [0.3, 0.4) is 0 Å². The number of nitrogens with zero attached hydrogens (tertiary/aromatic N) is 1. The first-order valence-corrected chi connectivity index (χ1v) is 6.45. The molecule has 0 aliphatic carbocycles. The van der Waals surface area contributed by atoms with E-state index in [4.69, 9.17) is 0 Å². The zero-order chi connectivity index (χ0) is 13.1. The molecule has 1 heterocycles. The van der Waals surface area contributed by atoms with Crippen molar-refractivity contribution in [1.29, 1.82) is 0 Å². The van der Waals surface area contributed by atoms with Gasteiger partial charge >= 0.3 is 0 Å². The molecule has 2 atom stereocenters. The number of nitrogens with one attached hydrogen (secondary N) is 1. The second-order valence-electron chi connectivity index (χ2n) is 5.06. The van der Waals surface area contributed by atoms with Gasteiger partial charge in [0, 0.05) is 12.6 Å². The highest BCUT2D eigenvalue weighted by Gasteiger charge is 2.26. The highest BCUT2D eigenvalue weighted by molar-refractivity contribution is 5.85. The van der Waals surface area contributed by atoms with Crippen molar-refractivity contribution in [2.75, 3.05) is 26.7 Å². The van der Waals surface area contributed by atoms with Crippen LogP contribution in [0.1, 0.15) is 24.9 Å². The average molecular weight is 291 g/mol. The first kappa shape index (κ1) is 16.3. The van der Waals surface area contributed by atoms with Gasteiger partial charge in [-0.25, -0.2) is 8.78 Å². The van der Waals surface area contributed by atoms with Crippen LogP contribution in [0.4, 0.5) is 8.78 Å². The van der Waals surface area contributed by atoms with E-state index in [9.17, 15) is 8.78 Å². The number of benzene rings is 1. The first-order chi connectivity index (χ1) is 8.61. The summed E-state index contributed by atoms with van der Waals surface area (Å²) in [5.41, 5.74) is 0.846. The number of hydrogen-bond donors (Lipinski definition) is 1. The lowest BCUT2D eigenvalue weighted by Crippen LogP contribution is -2.27. The van der Waals surface area contributed by atoms with Gasteiger partial charge in [0.25, 0.3) is 0 Å². The van der Waals surface area contributed by atoms with E-state index in [1.165, 1.54) is 12.1 Å². The molecule has 1 aliphatic rings. The number of likely N-dealkylation sites (tertiary alicyclic amines) is 1. The van der Waals surface area contributed by atoms with Gasteiger partial charge in [-0.15, -0.1) is 12.4 Å². The number of rotatable bonds is 4. The van der Waals surface area contributed by atoms with E-state index in [1.54, 1.807) is 6.07 Å². The largest absolute Gasteiger partial charge is 0.319 e. The molecule has 1 aromatic carbocycles. The lowest BCUT2D eigenvalue weighted by molar-refractivity contribution is 0.251. The average Bonchev–Trinajstić information content (AvgIpc) is 2.81. The summed E-state index contributed by atoms with van der Waals surface area (Å²) < 4.78 is 26.1. The molecular formula is C14H21ClF2N2. The molecule has 1 aliphatic heterocycles. The van der Waals surface area contributed by atoms with Crippen LogP contribution in [0, 0.1) is 17.6 Å². The van der Waals surface area contributed by atoms with Crippen LogP contribution in [-0.2, 0) is 0 Å². The van der Waals surface area contributed by atoms with Crippen LogP contribution in [0.25, 0.3) is 0 Å². The van der Waals surface area contributed by atoms with Crippen LogP contribution in [0.15, 0.2) is 18.2 Å². The highest BCUT2D eigenvalue weighted by Crippen LogP contribution is 2.27. The monoisotopic (exact) mass is 290 g/mol. The molecular weight excluding hydrogens is 270 g/mol. The molecule has 2 unspecified atom stereocenters. The van der Waals surface area contributed by atoms with E-state index in [-0.39, 0.29) is 18.4 Å². The SMILES string of the molecule is CNCC1CCN(C(C)c2ccc(F)c(F)c2)C1.Cl. The van der Waals surface area contributed by atoms with Crippen molar-refractivity contribution in [3.05, 3.63) is 35.4 Å². The summed E-state index contributed by atoms with van der Waals surface area (Å²) in [6.07, 6.45) is 1.16. The maximum absolute atomic E-state index is 13.2. The van der Waals surface area contributed by atoms with Crippen molar-refractivity contribution in [2.24, 2.45) is 5.92 Å². The van der Waals surface area contributed by atoms with E-state index < -0.39 is 11.6 Å². The Morgan fingerprint density at radius 3 is 2.74 bits per heavy atom. The topological polar surface area (TPSA) is 15.3 Å². The summed E-state index contributed by atoms with van der Waals surface area (Å²) >= 11 is 0. The molecule has 1 saturated heterocycles. The van der Waals surface area contributed by atoms with E-state index >= 15 is 0 Å². The third-order valence-electron chi connectivity index (χ3n) is 3.78. The van der Waals surface area contributed by atoms with Gasteiger partial charge in [0.15, 0.2) is 11.6 Å². The summed E-state index contributed by atoms with van der Waals surface area (Å²) in [6, 6.07) is 4.34. The highest BCUT2D eigenvalue weighted by atomic mass is 35.5. The second-order valence-corrected chi connectivity index (χ2v) is 5.06. The molecule has 1 N–H and O–H groups in total. The molecule has 0 spiro atoms. The smallest absolute Gasteiger partial charge is 0.159 e. The van der Waals surface area contributed by atoms with E-state index in [0.717, 1.165) is 31.6 Å². The summed E-state index contributed by atoms with van der Waals surface area (Å²) in [5, 5.41) is 3.19. The standard InChI is InChI=1S/C14H20F2N2.ClH/c1-10(12-3-4-13(15)14(16)7-12)18-6-5-11(9-18)8-17-2;/h3-4,7,10-11,17H,5-6,8-9H2,1-2H3;1H. The molecule has 108 valence electrons. The Morgan fingerprint density at radius 2 is 2.11 bits per heavy atom. The van der Waals surface area contributed by atoms with Crippen LogP contribution in [0.5, 0.6) is 0 Å². The van der Waals surface area contributed by atoms with E-state index in [1.807, 2.05) is 7.05 Å². The summed E-state index contributed by atoms with van der Waals surface area (Å²) in [7, 11) is 1.96.